The summed E-state index contributed by atoms with van der Waals surface area (Å²) in [6.45, 7) is 0.483. The van der Waals surface area contributed by atoms with E-state index in [1.165, 1.54) is 24.4 Å². The highest BCUT2D eigenvalue weighted by Crippen LogP contribution is 2.31. The van der Waals surface area contributed by atoms with Crippen LogP contribution in [0.25, 0.3) is 0 Å². The second kappa shape index (κ2) is 8.83. The molecule has 4 rings (SSSR count). The summed E-state index contributed by atoms with van der Waals surface area (Å²) >= 11 is 3.24. The summed E-state index contributed by atoms with van der Waals surface area (Å²) in [6.07, 6.45) is 4.97. The highest BCUT2D eigenvalue weighted by Gasteiger charge is 2.17. The van der Waals surface area contributed by atoms with Crippen LogP contribution in [0.2, 0.25) is 0 Å². The molecule has 1 N–H and O–H groups in total. The molecular formula is C21H15BrFN5O2. The lowest BCUT2D eigenvalue weighted by atomic mass is 10.2. The molecule has 0 aliphatic rings. The average molecular weight is 468 g/mol. The smallest absolute Gasteiger partial charge is 0.262 e. The van der Waals surface area contributed by atoms with Crippen molar-refractivity contribution in [3.63, 3.8) is 0 Å². The molecule has 150 valence electrons. The van der Waals surface area contributed by atoms with E-state index in [0.29, 0.717) is 22.6 Å². The number of hydrogen-bond donors (Lipinski definition) is 1. The molecule has 0 atom stereocenters. The van der Waals surface area contributed by atoms with E-state index in [-0.39, 0.29) is 11.4 Å². The van der Waals surface area contributed by atoms with Crippen LogP contribution in [-0.2, 0) is 6.54 Å². The van der Waals surface area contributed by atoms with Crippen molar-refractivity contribution in [1.82, 2.24) is 19.7 Å². The number of aromatic nitrogens is 4. The number of nitrogens with one attached hydrogen (secondary N) is 1. The van der Waals surface area contributed by atoms with Crippen LogP contribution in [0.5, 0.6) is 11.6 Å². The van der Waals surface area contributed by atoms with Gasteiger partial charge in [0, 0.05) is 24.7 Å². The van der Waals surface area contributed by atoms with Gasteiger partial charge in [-0.05, 0) is 58.4 Å². The summed E-state index contributed by atoms with van der Waals surface area (Å²) in [5, 5.41) is 7.07. The van der Waals surface area contributed by atoms with Crippen LogP contribution in [0.15, 0.2) is 77.7 Å². The number of anilines is 1. The maximum absolute atomic E-state index is 13.3. The Labute approximate surface area is 179 Å². The molecule has 9 heteroatoms. The monoisotopic (exact) mass is 467 g/mol. The van der Waals surface area contributed by atoms with Crippen molar-refractivity contribution >= 4 is 27.7 Å². The van der Waals surface area contributed by atoms with Gasteiger partial charge in [-0.15, -0.1) is 0 Å². The van der Waals surface area contributed by atoms with Gasteiger partial charge in [-0.1, -0.05) is 6.07 Å². The highest BCUT2D eigenvalue weighted by atomic mass is 79.9. The molecule has 0 unspecified atom stereocenters. The Morgan fingerprint density at radius 3 is 2.77 bits per heavy atom. The molecule has 0 aliphatic carbocycles. The molecule has 1 amide bonds. The number of halogens is 2. The van der Waals surface area contributed by atoms with E-state index in [2.05, 4.69) is 36.3 Å². The highest BCUT2D eigenvalue weighted by molar-refractivity contribution is 9.10. The van der Waals surface area contributed by atoms with Crippen molar-refractivity contribution < 1.29 is 13.9 Å². The van der Waals surface area contributed by atoms with Gasteiger partial charge in [-0.3, -0.25) is 14.5 Å². The van der Waals surface area contributed by atoms with Gasteiger partial charge in [0.15, 0.2) is 5.82 Å². The predicted octanol–water partition coefficient (Wildman–Crippen LogP) is 4.67. The number of ether oxygens (including phenoxy) is 1. The zero-order valence-corrected chi connectivity index (χ0v) is 17.1. The van der Waals surface area contributed by atoms with Crippen molar-refractivity contribution in [2.45, 2.75) is 6.54 Å². The minimum Gasteiger partial charge on any atom is -0.437 e. The Hall–Kier alpha value is -3.59. The molecule has 0 bridgehead atoms. The molecule has 0 saturated heterocycles. The zero-order valence-electron chi connectivity index (χ0n) is 15.5. The van der Waals surface area contributed by atoms with Gasteiger partial charge in [-0.25, -0.2) is 9.37 Å². The van der Waals surface area contributed by atoms with Crippen LogP contribution in [0, 0.1) is 5.82 Å². The predicted molar refractivity (Wildman–Crippen MR) is 112 cm³/mol. The van der Waals surface area contributed by atoms with Crippen LogP contribution in [0.3, 0.4) is 0 Å². The molecule has 4 aromatic rings. The fraction of sp³-hybridized carbons (Fsp3) is 0.0476. The van der Waals surface area contributed by atoms with Crippen LogP contribution in [0.1, 0.15) is 16.1 Å². The molecule has 0 saturated carbocycles. The second-order valence-electron chi connectivity index (χ2n) is 6.21. The largest absolute Gasteiger partial charge is 0.437 e. The Morgan fingerprint density at radius 1 is 1.10 bits per heavy atom. The first-order valence-corrected chi connectivity index (χ1v) is 9.70. The van der Waals surface area contributed by atoms with Gasteiger partial charge in [0.05, 0.1) is 16.7 Å². The summed E-state index contributed by atoms with van der Waals surface area (Å²) in [5.74, 6) is -0.0263. The van der Waals surface area contributed by atoms with E-state index < -0.39 is 11.7 Å². The third-order valence-corrected chi connectivity index (χ3v) is 4.67. The molecule has 30 heavy (non-hydrogen) atoms. The van der Waals surface area contributed by atoms with Crippen LogP contribution in [-0.4, -0.2) is 25.7 Å². The second-order valence-corrected chi connectivity index (χ2v) is 7.06. The maximum atomic E-state index is 13.3. The lowest BCUT2D eigenvalue weighted by Gasteiger charge is -2.10. The molecule has 0 spiro atoms. The van der Waals surface area contributed by atoms with E-state index in [1.807, 2.05) is 18.2 Å². The number of benzene rings is 1. The van der Waals surface area contributed by atoms with E-state index in [1.54, 1.807) is 35.3 Å². The minimum absolute atomic E-state index is 0.0928. The molecule has 1 aromatic carbocycles. The van der Waals surface area contributed by atoms with Gasteiger partial charge >= 0.3 is 0 Å². The summed E-state index contributed by atoms with van der Waals surface area (Å²) < 4.78 is 21.1. The molecule has 7 nitrogen and oxygen atoms in total. The molecule has 3 heterocycles. The first kappa shape index (κ1) is 19.7. The van der Waals surface area contributed by atoms with Crippen LogP contribution < -0.4 is 10.1 Å². The SMILES string of the molecule is O=C(Nc1ccn(Cc2ccccn2)n1)c1cccnc1Oc1ccc(F)cc1Br. The first-order valence-electron chi connectivity index (χ1n) is 8.91. The Morgan fingerprint density at radius 2 is 1.97 bits per heavy atom. The first-order chi connectivity index (χ1) is 14.6. The quantitative estimate of drug-likeness (QED) is 0.445. The van der Waals surface area contributed by atoms with Gasteiger partial charge in [-0.2, -0.15) is 5.10 Å². The van der Waals surface area contributed by atoms with Crippen LogP contribution >= 0.6 is 15.9 Å². The fourth-order valence-electron chi connectivity index (χ4n) is 2.66. The molecule has 0 aliphatic heterocycles. The van der Waals surface area contributed by atoms with Crippen molar-refractivity contribution in [2.75, 3.05) is 5.32 Å². The Bertz CT molecular complexity index is 1180. The number of nitrogens with zero attached hydrogens (tertiary/aromatic N) is 4. The van der Waals surface area contributed by atoms with E-state index in [0.717, 1.165) is 5.69 Å². The lowest BCUT2D eigenvalue weighted by molar-refractivity contribution is 0.102. The van der Waals surface area contributed by atoms with Gasteiger partial charge in [0.2, 0.25) is 5.88 Å². The summed E-state index contributed by atoms with van der Waals surface area (Å²) in [7, 11) is 0. The number of carbonyl (C=O) groups excluding carboxylic acids is 1. The van der Waals surface area contributed by atoms with Crippen molar-refractivity contribution in [3.8, 4) is 11.6 Å². The Kier molecular flexibility index (Phi) is 5.80. The third-order valence-electron chi connectivity index (χ3n) is 4.05. The van der Waals surface area contributed by atoms with Gasteiger partial charge in [0.1, 0.15) is 17.1 Å². The van der Waals surface area contributed by atoms with E-state index in [9.17, 15) is 9.18 Å². The summed E-state index contributed by atoms with van der Waals surface area (Å²) in [6, 6.07) is 14.5. The maximum Gasteiger partial charge on any atom is 0.262 e. The summed E-state index contributed by atoms with van der Waals surface area (Å²) in [4.78, 5) is 21.2. The topological polar surface area (TPSA) is 81.9 Å². The summed E-state index contributed by atoms with van der Waals surface area (Å²) in [5.41, 5.74) is 1.07. The number of hydrogen-bond acceptors (Lipinski definition) is 5. The average Bonchev–Trinajstić information content (AvgIpc) is 3.18. The van der Waals surface area contributed by atoms with E-state index >= 15 is 0 Å². The van der Waals surface area contributed by atoms with E-state index in [4.69, 9.17) is 4.74 Å². The normalized spacial score (nSPS) is 10.6. The van der Waals surface area contributed by atoms with Gasteiger partial charge < -0.3 is 10.1 Å². The van der Waals surface area contributed by atoms with Gasteiger partial charge in [0.25, 0.3) is 5.91 Å². The zero-order chi connectivity index (χ0) is 20.9. The third kappa shape index (κ3) is 4.69. The molecule has 0 fully saturated rings. The number of rotatable bonds is 6. The van der Waals surface area contributed by atoms with Crippen molar-refractivity contribution in [2.24, 2.45) is 0 Å². The number of carbonyl (C=O) groups is 1. The minimum atomic E-state index is -0.431. The Balaban J connectivity index is 1.49. The van der Waals surface area contributed by atoms with Crippen molar-refractivity contribution in [1.29, 1.82) is 0 Å². The molecular weight excluding hydrogens is 453 g/mol. The molecule has 0 radical (unpaired) electrons. The fourth-order valence-corrected chi connectivity index (χ4v) is 3.10. The number of pyridine rings is 2. The lowest BCUT2D eigenvalue weighted by Crippen LogP contribution is -2.14. The standard InChI is InChI=1S/C21H15BrFN5O2/c22-17-12-14(23)6-7-18(17)30-21-16(5-3-10-25-21)20(29)26-19-8-11-28(27-19)13-15-4-1-2-9-24-15/h1-12H,13H2,(H,26,27,29). The van der Waals surface area contributed by atoms with Crippen molar-refractivity contribution in [3.05, 3.63) is 94.7 Å². The molecule has 3 aromatic heterocycles. The van der Waals surface area contributed by atoms with Crippen LogP contribution in [0.4, 0.5) is 10.2 Å². The number of amides is 1.